The molecule has 0 saturated carbocycles. The lowest BCUT2D eigenvalue weighted by molar-refractivity contribution is 0.415. The molecule has 0 aliphatic carbocycles. The Labute approximate surface area is 210 Å². The lowest BCUT2D eigenvalue weighted by Crippen LogP contribution is -2.16. The standard InChI is InChI=1S/C21H15Cl6N3O/c1-12(14-7-9-16(31-2)10-8-14)11-13-3-5-15(6-4-13)17-28-18(20(22,23)24)30-19(29-17)21(25,26)27/h3-11H,1-2H3/b12-11+. The van der Waals surface area contributed by atoms with E-state index < -0.39 is 7.59 Å². The maximum absolute atomic E-state index is 5.93. The van der Waals surface area contributed by atoms with Crippen molar-refractivity contribution in [2.75, 3.05) is 7.11 Å². The molecular weight excluding hydrogens is 523 g/mol. The summed E-state index contributed by atoms with van der Waals surface area (Å²) < 4.78 is 1.39. The van der Waals surface area contributed by atoms with E-state index in [2.05, 4.69) is 21.0 Å². The van der Waals surface area contributed by atoms with Crippen molar-refractivity contribution in [3.05, 3.63) is 71.3 Å². The Morgan fingerprint density at radius 3 is 1.74 bits per heavy atom. The minimum Gasteiger partial charge on any atom is -0.497 e. The van der Waals surface area contributed by atoms with Crippen molar-refractivity contribution >= 4 is 81.3 Å². The fraction of sp³-hybridized carbons (Fsp3) is 0.190. The third-order valence-electron chi connectivity index (χ3n) is 4.24. The van der Waals surface area contributed by atoms with Gasteiger partial charge in [-0.15, -0.1) is 0 Å². The molecule has 0 spiro atoms. The Morgan fingerprint density at radius 1 is 0.774 bits per heavy atom. The van der Waals surface area contributed by atoms with Crippen molar-refractivity contribution in [2.24, 2.45) is 0 Å². The molecule has 2 aromatic carbocycles. The summed E-state index contributed by atoms with van der Waals surface area (Å²) in [4.78, 5) is 12.4. The van der Waals surface area contributed by atoms with E-state index in [0.29, 0.717) is 5.56 Å². The normalized spacial score (nSPS) is 12.7. The third-order valence-corrected chi connectivity index (χ3v) is 5.25. The predicted molar refractivity (Wildman–Crippen MR) is 130 cm³/mol. The Bertz CT molecular complexity index is 1060. The molecule has 10 heteroatoms. The number of nitrogens with zero attached hydrogens (tertiary/aromatic N) is 3. The van der Waals surface area contributed by atoms with E-state index >= 15 is 0 Å². The number of rotatable bonds is 4. The summed E-state index contributed by atoms with van der Waals surface area (Å²) in [6.07, 6.45) is 2.05. The van der Waals surface area contributed by atoms with Crippen LogP contribution in [0.15, 0.2) is 48.5 Å². The minimum atomic E-state index is -1.90. The zero-order valence-corrected chi connectivity index (χ0v) is 20.7. The quantitative estimate of drug-likeness (QED) is 0.252. The number of hydrogen-bond acceptors (Lipinski definition) is 4. The summed E-state index contributed by atoms with van der Waals surface area (Å²) >= 11 is 35.6. The van der Waals surface area contributed by atoms with E-state index in [4.69, 9.17) is 74.3 Å². The molecule has 0 unspecified atom stereocenters. The molecule has 4 nitrogen and oxygen atoms in total. The molecule has 0 fully saturated rings. The van der Waals surface area contributed by atoms with E-state index in [1.165, 1.54) is 0 Å². The maximum Gasteiger partial charge on any atom is 0.250 e. The molecule has 0 aliphatic heterocycles. The maximum atomic E-state index is 5.93. The first-order valence-electron chi connectivity index (χ1n) is 8.81. The van der Waals surface area contributed by atoms with Crippen molar-refractivity contribution in [3.8, 4) is 17.1 Å². The SMILES string of the molecule is COc1ccc(/C(C)=C/c2ccc(-c3nc(C(Cl)(Cl)Cl)nc(C(Cl)(Cl)Cl)n3)cc2)cc1. The zero-order valence-electron chi connectivity index (χ0n) is 16.2. The van der Waals surface area contributed by atoms with Gasteiger partial charge in [0.2, 0.25) is 7.59 Å². The van der Waals surface area contributed by atoms with Crippen LogP contribution in [-0.2, 0) is 7.59 Å². The van der Waals surface area contributed by atoms with Crippen molar-refractivity contribution in [2.45, 2.75) is 14.5 Å². The summed E-state index contributed by atoms with van der Waals surface area (Å²) in [6, 6.07) is 15.3. The molecular formula is C21H15Cl6N3O. The van der Waals surface area contributed by atoms with Crippen molar-refractivity contribution in [3.63, 3.8) is 0 Å². The van der Waals surface area contributed by atoms with Crippen LogP contribution in [0.1, 0.15) is 29.7 Å². The average Bonchev–Trinajstić information content (AvgIpc) is 2.72. The second-order valence-electron chi connectivity index (χ2n) is 6.48. The molecule has 0 saturated heterocycles. The van der Waals surface area contributed by atoms with Crippen molar-refractivity contribution < 1.29 is 4.74 Å². The van der Waals surface area contributed by atoms with Crippen LogP contribution in [0.4, 0.5) is 0 Å². The Hall–Kier alpha value is -1.27. The lowest BCUT2D eigenvalue weighted by atomic mass is 10.0. The molecule has 1 aromatic heterocycles. The monoisotopic (exact) mass is 535 g/mol. The number of allylic oxidation sites excluding steroid dienone is 1. The third kappa shape index (κ3) is 6.38. The number of methoxy groups -OCH3 is 1. The highest BCUT2D eigenvalue weighted by Crippen LogP contribution is 2.40. The van der Waals surface area contributed by atoms with E-state index in [1.807, 2.05) is 55.5 Å². The Kier molecular flexibility index (Phi) is 7.62. The van der Waals surface area contributed by atoms with Gasteiger partial charge in [-0.3, -0.25) is 0 Å². The second-order valence-corrected chi connectivity index (χ2v) is 11.0. The number of hydrogen-bond donors (Lipinski definition) is 0. The highest BCUT2D eigenvalue weighted by Gasteiger charge is 2.34. The number of ether oxygens (including phenoxy) is 1. The smallest absolute Gasteiger partial charge is 0.250 e. The van der Waals surface area contributed by atoms with Gasteiger partial charge < -0.3 is 4.74 Å². The van der Waals surface area contributed by atoms with Crippen LogP contribution >= 0.6 is 69.6 Å². The van der Waals surface area contributed by atoms with Gasteiger partial charge in [-0.05, 0) is 35.8 Å². The first kappa shape index (κ1) is 24.4. The molecule has 3 rings (SSSR count). The van der Waals surface area contributed by atoms with Crippen LogP contribution in [0.25, 0.3) is 23.0 Å². The van der Waals surface area contributed by atoms with Crippen LogP contribution in [0.2, 0.25) is 0 Å². The van der Waals surface area contributed by atoms with Gasteiger partial charge in [0, 0.05) is 5.56 Å². The van der Waals surface area contributed by atoms with Gasteiger partial charge in [-0.1, -0.05) is 112 Å². The zero-order chi connectivity index (χ0) is 22.8. The highest BCUT2D eigenvalue weighted by atomic mass is 35.6. The van der Waals surface area contributed by atoms with Crippen LogP contribution in [0.3, 0.4) is 0 Å². The molecule has 0 amide bonds. The molecule has 3 aromatic rings. The van der Waals surface area contributed by atoms with E-state index in [9.17, 15) is 0 Å². The summed E-state index contributed by atoms with van der Waals surface area (Å²) in [6.45, 7) is 2.03. The fourth-order valence-electron chi connectivity index (χ4n) is 2.67. The summed E-state index contributed by atoms with van der Waals surface area (Å²) in [5, 5.41) is 0. The Balaban J connectivity index is 1.93. The fourth-order valence-corrected chi connectivity index (χ4v) is 3.18. The van der Waals surface area contributed by atoms with Gasteiger partial charge in [0.15, 0.2) is 17.5 Å². The van der Waals surface area contributed by atoms with E-state index in [0.717, 1.165) is 22.4 Å². The number of benzene rings is 2. The summed E-state index contributed by atoms with van der Waals surface area (Å²) in [7, 11) is 1.64. The van der Waals surface area contributed by atoms with Crippen molar-refractivity contribution in [1.82, 2.24) is 15.0 Å². The van der Waals surface area contributed by atoms with Gasteiger partial charge >= 0.3 is 0 Å². The van der Waals surface area contributed by atoms with Crippen LogP contribution < -0.4 is 4.74 Å². The number of halogens is 6. The minimum absolute atomic E-state index is 0.136. The summed E-state index contributed by atoms with van der Waals surface area (Å²) in [5.74, 6) is 0.757. The molecule has 0 aliphatic rings. The molecule has 0 bridgehead atoms. The molecule has 0 atom stereocenters. The highest BCUT2D eigenvalue weighted by molar-refractivity contribution is 6.67. The second kappa shape index (κ2) is 9.70. The van der Waals surface area contributed by atoms with E-state index in [1.54, 1.807) is 7.11 Å². The molecule has 162 valence electrons. The predicted octanol–water partition coefficient (Wildman–Crippen LogP) is 7.76. The topological polar surface area (TPSA) is 47.9 Å². The van der Waals surface area contributed by atoms with Crippen LogP contribution in [-0.4, -0.2) is 22.1 Å². The van der Waals surface area contributed by atoms with E-state index in [-0.39, 0.29) is 17.5 Å². The summed E-state index contributed by atoms with van der Waals surface area (Å²) in [5.41, 5.74) is 3.80. The number of alkyl halides is 6. The van der Waals surface area contributed by atoms with Crippen LogP contribution in [0.5, 0.6) is 5.75 Å². The molecule has 0 radical (unpaired) electrons. The molecule has 31 heavy (non-hydrogen) atoms. The van der Waals surface area contributed by atoms with Crippen LogP contribution in [0, 0.1) is 0 Å². The van der Waals surface area contributed by atoms with Gasteiger partial charge in [0.25, 0.3) is 0 Å². The van der Waals surface area contributed by atoms with Gasteiger partial charge in [-0.2, -0.15) is 0 Å². The van der Waals surface area contributed by atoms with Gasteiger partial charge in [0.1, 0.15) is 5.75 Å². The Morgan fingerprint density at radius 2 is 1.29 bits per heavy atom. The van der Waals surface area contributed by atoms with Crippen molar-refractivity contribution in [1.29, 1.82) is 0 Å². The first-order valence-corrected chi connectivity index (χ1v) is 11.1. The number of aromatic nitrogens is 3. The molecule has 0 N–H and O–H groups in total. The largest absolute Gasteiger partial charge is 0.497 e. The first-order chi connectivity index (χ1) is 14.5. The van der Waals surface area contributed by atoms with Gasteiger partial charge in [0.05, 0.1) is 7.11 Å². The molecule has 1 heterocycles. The lowest BCUT2D eigenvalue weighted by Gasteiger charge is -2.15. The van der Waals surface area contributed by atoms with Gasteiger partial charge in [-0.25, -0.2) is 15.0 Å². The average molecular weight is 538 g/mol.